The standard InChI is InChI=1S/C33H30FN5O7/c1-44-29-13-23-7-5-21(29)14-36-31(41)18-45-22-4-2-3-19(11-22)20-6-8-25(34)24(12-20)32(42)38-27-17-39(10-9-28(27)46-23)33(43)26-15-37-30(40)16-35-26/h2-8,11-13,15-16,27-28H,9-10,14,17-18H2,1H3,(H,36,41)(H,37,40)(H,38,42)/t27-,28+/m1/s1. The summed E-state index contributed by atoms with van der Waals surface area (Å²) in [6.45, 7) is 0.241. The quantitative estimate of drug-likeness (QED) is 0.307. The zero-order valence-corrected chi connectivity index (χ0v) is 24.7. The van der Waals surface area contributed by atoms with Gasteiger partial charge in [-0.05, 0) is 47.5 Å². The van der Waals surface area contributed by atoms with Crippen molar-refractivity contribution in [2.24, 2.45) is 0 Å². The van der Waals surface area contributed by atoms with Gasteiger partial charge in [0, 0.05) is 43.9 Å². The van der Waals surface area contributed by atoms with Crippen LogP contribution in [0, 0.1) is 5.82 Å². The number of H-pyrrole nitrogens is 1. The van der Waals surface area contributed by atoms with Gasteiger partial charge in [0.25, 0.3) is 23.3 Å². The Morgan fingerprint density at radius 1 is 1.04 bits per heavy atom. The lowest BCUT2D eigenvalue weighted by atomic mass is 9.99. The minimum Gasteiger partial charge on any atom is -0.496 e. The Labute approximate surface area is 262 Å². The third-order valence-corrected chi connectivity index (χ3v) is 7.81. The van der Waals surface area contributed by atoms with E-state index in [0.29, 0.717) is 40.4 Å². The summed E-state index contributed by atoms with van der Waals surface area (Å²) >= 11 is 0. The van der Waals surface area contributed by atoms with Crippen molar-refractivity contribution in [3.63, 3.8) is 0 Å². The number of hydrogen-bond acceptors (Lipinski definition) is 8. The van der Waals surface area contributed by atoms with E-state index in [1.807, 2.05) is 0 Å². The van der Waals surface area contributed by atoms with E-state index in [1.54, 1.807) is 48.5 Å². The topological polar surface area (TPSA) is 152 Å². The highest BCUT2D eigenvalue weighted by atomic mass is 19.1. The second kappa shape index (κ2) is 13.1. The van der Waals surface area contributed by atoms with Gasteiger partial charge < -0.3 is 34.7 Å². The molecular weight excluding hydrogens is 597 g/mol. The van der Waals surface area contributed by atoms with Crippen molar-refractivity contribution in [2.75, 3.05) is 26.8 Å². The maximum atomic E-state index is 15.1. The van der Waals surface area contributed by atoms with E-state index in [4.69, 9.17) is 14.2 Å². The first-order valence-electron chi connectivity index (χ1n) is 14.6. The van der Waals surface area contributed by atoms with Crippen molar-refractivity contribution >= 4 is 17.7 Å². The van der Waals surface area contributed by atoms with Crippen LogP contribution in [-0.4, -0.2) is 71.5 Å². The van der Waals surface area contributed by atoms with E-state index < -0.39 is 35.3 Å². The molecule has 0 aliphatic carbocycles. The van der Waals surface area contributed by atoms with Gasteiger partial charge in [-0.15, -0.1) is 0 Å². The number of aromatic nitrogens is 2. The molecule has 13 heteroatoms. The molecule has 1 aromatic heterocycles. The largest absolute Gasteiger partial charge is 0.496 e. The number of fused-ring (bicyclic) bond motifs is 7. The lowest BCUT2D eigenvalue weighted by Crippen LogP contribution is -2.58. The van der Waals surface area contributed by atoms with Crippen LogP contribution in [0.5, 0.6) is 17.2 Å². The summed E-state index contributed by atoms with van der Waals surface area (Å²) < 4.78 is 32.7. The van der Waals surface area contributed by atoms with Crippen molar-refractivity contribution in [2.45, 2.75) is 25.1 Å². The van der Waals surface area contributed by atoms with Crippen LogP contribution in [0.3, 0.4) is 0 Å². The molecule has 46 heavy (non-hydrogen) atoms. The second-order valence-electron chi connectivity index (χ2n) is 10.8. The molecule has 236 valence electrons. The average Bonchev–Trinajstić information content (AvgIpc) is 3.07. The number of piperidine rings is 1. The summed E-state index contributed by atoms with van der Waals surface area (Å²) in [5.74, 6) is -0.891. The van der Waals surface area contributed by atoms with Crippen molar-refractivity contribution < 1.29 is 33.0 Å². The summed E-state index contributed by atoms with van der Waals surface area (Å²) in [5, 5.41) is 5.71. The molecule has 2 atom stereocenters. The molecule has 7 rings (SSSR count). The number of benzene rings is 3. The summed E-state index contributed by atoms with van der Waals surface area (Å²) in [4.78, 5) is 58.8. The molecule has 1 fully saturated rings. The predicted molar refractivity (Wildman–Crippen MR) is 163 cm³/mol. The number of methoxy groups -OCH3 is 1. The second-order valence-corrected chi connectivity index (χ2v) is 10.8. The molecule has 3 amide bonds. The van der Waals surface area contributed by atoms with Gasteiger partial charge in [0.2, 0.25) is 0 Å². The van der Waals surface area contributed by atoms with Crippen molar-refractivity contribution in [1.82, 2.24) is 25.5 Å². The molecule has 6 bridgehead atoms. The molecule has 3 aromatic carbocycles. The highest BCUT2D eigenvalue weighted by Gasteiger charge is 2.35. The summed E-state index contributed by atoms with van der Waals surface area (Å²) in [6, 6.07) is 15.5. The Bertz CT molecular complexity index is 1840. The van der Waals surface area contributed by atoms with Gasteiger partial charge in [-0.3, -0.25) is 19.2 Å². The molecule has 0 radical (unpaired) electrons. The van der Waals surface area contributed by atoms with Crippen LogP contribution < -0.4 is 30.4 Å². The maximum Gasteiger partial charge on any atom is 0.274 e. The van der Waals surface area contributed by atoms with Gasteiger partial charge in [0.15, 0.2) is 6.61 Å². The third kappa shape index (κ3) is 6.67. The Hall–Kier alpha value is -5.72. The third-order valence-electron chi connectivity index (χ3n) is 7.81. The SMILES string of the molecule is COc1cc2ccc1CNC(=O)COc1cccc(c1)-c1ccc(F)c(c1)C(=O)N[C@@H]1CN(C(=O)c3c[nH]c(=O)cn3)CC[C@@H]1O2. The average molecular weight is 628 g/mol. The monoisotopic (exact) mass is 627 g/mol. The number of ether oxygens (including phenoxy) is 3. The number of halogens is 1. The highest BCUT2D eigenvalue weighted by Crippen LogP contribution is 2.29. The first kappa shape index (κ1) is 30.3. The van der Waals surface area contributed by atoms with Crippen LogP contribution in [0.2, 0.25) is 0 Å². The number of nitrogens with one attached hydrogen (secondary N) is 3. The zero-order chi connectivity index (χ0) is 32.2. The normalized spacial score (nSPS) is 18.3. The Kier molecular flexibility index (Phi) is 8.63. The number of carbonyl (C=O) groups is 3. The first-order chi connectivity index (χ1) is 22.3. The molecule has 4 aromatic rings. The first-order valence-corrected chi connectivity index (χ1v) is 14.6. The Balaban J connectivity index is 1.36. The smallest absolute Gasteiger partial charge is 0.274 e. The maximum absolute atomic E-state index is 15.1. The van der Waals surface area contributed by atoms with Crippen LogP contribution in [0.25, 0.3) is 11.1 Å². The number of rotatable bonds is 2. The molecule has 0 saturated carbocycles. The lowest BCUT2D eigenvalue weighted by Gasteiger charge is -2.38. The fourth-order valence-electron chi connectivity index (χ4n) is 5.42. The molecule has 1 saturated heterocycles. The Morgan fingerprint density at radius 2 is 1.89 bits per heavy atom. The number of nitrogens with zero attached hydrogens (tertiary/aromatic N) is 2. The number of likely N-dealkylation sites (tertiary alicyclic amines) is 1. The van der Waals surface area contributed by atoms with E-state index in [2.05, 4.69) is 20.6 Å². The lowest BCUT2D eigenvalue weighted by molar-refractivity contribution is -0.123. The molecule has 3 N–H and O–H groups in total. The van der Waals surface area contributed by atoms with E-state index in [0.717, 1.165) is 6.20 Å². The predicted octanol–water partition coefficient (Wildman–Crippen LogP) is 2.69. The van der Waals surface area contributed by atoms with Crippen molar-refractivity contribution in [1.29, 1.82) is 0 Å². The number of carbonyl (C=O) groups excluding carboxylic acids is 3. The highest BCUT2D eigenvalue weighted by molar-refractivity contribution is 5.96. The molecule has 4 heterocycles. The molecule has 3 aliphatic heterocycles. The van der Waals surface area contributed by atoms with Gasteiger partial charge in [-0.1, -0.05) is 18.2 Å². The fraction of sp³-hybridized carbons (Fsp3) is 0.242. The van der Waals surface area contributed by atoms with Gasteiger partial charge in [-0.25, -0.2) is 9.37 Å². The van der Waals surface area contributed by atoms with Crippen molar-refractivity contribution in [3.05, 3.63) is 106 Å². The summed E-state index contributed by atoms with van der Waals surface area (Å²) in [7, 11) is 1.50. The molecule has 0 spiro atoms. The molecule has 3 aliphatic rings. The van der Waals surface area contributed by atoms with Crippen LogP contribution in [0.1, 0.15) is 32.8 Å². The molecule has 0 unspecified atom stereocenters. The van der Waals surface area contributed by atoms with E-state index in [9.17, 15) is 19.2 Å². The zero-order valence-electron chi connectivity index (χ0n) is 24.7. The number of aromatic amines is 1. The Morgan fingerprint density at radius 3 is 2.70 bits per heavy atom. The van der Waals surface area contributed by atoms with Gasteiger partial charge in [-0.2, -0.15) is 0 Å². The van der Waals surface area contributed by atoms with Crippen LogP contribution in [-0.2, 0) is 11.3 Å². The molecular formula is C33H30FN5O7. The molecule has 12 nitrogen and oxygen atoms in total. The number of amides is 3. The van der Waals surface area contributed by atoms with Crippen molar-refractivity contribution in [3.8, 4) is 28.4 Å². The van der Waals surface area contributed by atoms with Gasteiger partial charge in [0.1, 0.15) is 34.9 Å². The van der Waals surface area contributed by atoms with E-state index >= 15 is 4.39 Å². The van der Waals surface area contributed by atoms with Crippen LogP contribution >= 0.6 is 0 Å². The minimum absolute atomic E-state index is 0.0258. The number of hydrogen-bond donors (Lipinski definition) is 3. The van der Waals surface area contributed by atoms with Crippen LogP contribution in [0.15, 0.2) is 77.9 Å². The minimum atomic E-state index is -0.761. The fourth-order valence-corrected chi connectivity index (χ4v) is 5.42. The van der Waals surface area contributed by atoms with Gasteiger partial charge in [0.05, 0.1) is 24.9 Å². The summed E-state index contributed by atoms with van der Waals surface area (Å²) in [6.07, 6.45) is 1.95. The van der Waals surface area contributed by atoms with Crippen LogP contribution in [0.4, 0.5) is 4.39 Å². The summed E-state index contributed by atoms with van der Waals surface area (Å²) in [5.41, 5.74) is 1.29. The van der Waals surface area contributed by atoms with Gasteiger partial charge >= 0.3 is 0 Å². The van der Waals surface area contributed by atoms with E-state index in [-0.39, 0.29) is 43.4 Å². The van der Waals surface area contributed by atoms with E-state index in [1.165, 1.54) is 30.3 Å².